The quantitative estimate of drug-likeness (QED) is 0.636. The molecule has 0 N–H and O–H groups in total. The Kier molecular flexibility index (Phi) is 2.95. The van der Waals surface area contributed by atoms with Gasteiger partial charge in [0.2, 0.25) is 0 Å². The Balaban J connectivity index is 3.38. The molecule has 0 aromatic heterocycles. The molecule has 0 fully saturated rings. The largest absolute Gasteiger partial charge is 0.299 e. The van der Waals surface area contributed by atoms with Gasteiger partial charge in [0.25, 0.3) is 0 Å². The molecule has 0 aromatic rings. The van der Waals surface area contributed by atoms with Crippen LogP contribution in [-0.2, 0) is 4.79 Å². The van der Waals surface area contributed by atoms with Gasteiger partial charge in [-0.15, -0.1) is 0 Å². The van der Waals surface area contributed by atoms with Gasteiger partial charge in [0, 0.05) is 11.8 Å². The Morgan fingerprint density at radius 1 is 1.20 bits per heavy atom. The van der Waals surface area contributed by atoms with Crippen molar-refractivity contribution < 1.29 is 4.79 Å². The van der Waals surface area contributed by atoms with Crippen molar-refractivity contribution in [3.05, 3.63) is 23.3 Å². The van der Waals surface area contributed by atoms with Gasteiger partial charge in [-0.1, -0.05) is 31.6 Å². The van der Waals surface area contributed by atoms with Crippen LogP contribution >= 0.6 is 0 Å². The monoisotopic (exact) mass is 206 g/mol. The van der Waals surface area contributed by atoms with Gasteiger partial charge in [0.1, 0.15) is 5.78 Å². The highest BCUT2D eigenvalue weighted by atomic mass is 16.1. The summed E-state index contributed by atoms with van der Waals surface area (Å²) in [6, 6.07) is 0. The van der Waals surface area contributed by atoms with Crippen molar-refractivity contribution in [2.24, 2.45) is 10.8 Å². The summed E-state index contributed by atoms with van der Waals surface area (Å²) in [5.74, 6) is 0.359. The molecule has 84 valence electrons. The van der Waals surface area contributed by atoms with E-state index < -0.39 is 0 Å². The van der Waals surface area contributed by atoms with Crippen molar-refractivity contribution >= 4 is 5.78 Å². The second kappa shape index (κ2) is 3.62. The molecule has 1 aliphatic carbocycles. The number of hydrogen-bond acceptors (Lipinski definition) is 1. The molecular weight excluding hydrogens is 184 g/mol. The minimum absolute atomic E-state index is 0.0107. The molecule has 0 aliphatic heterocycles. The molecule has 1 rings (SSSR count). The van der Waals surface area contributed by atoms with E-state index in [4.69, 9.17) is 0 Å². The maximum absolute atomic E-state index is 12.0. The van der Waals surface area contributed by atoms with E-state index >= 15 is 0 Å². The van der Waals surface area contributed by atoms with Crippen LogP contribution in [0.15, 0.2) is 23.3 Å². The van der Waals surface area contributed by atoms with Crippen molar-refractivity contribution in [3.8, 4) is 0 Å². The lowest BCUT2D eigenvalue weighted by Gasteiger charge is -2.40. The van der Waals surface area contributed by atoms with E-state index in [1.54, 1.807) is 0 Å². The highest BCUT2D eigenvalue weighted by molar-refractivity contribution is 5.90. The third kappa shape index (κ3) is 1.92. The van der Waals surface area contributed by atoms with E-state index in [1.807, 2.05) is 20.8 Å². The van der Waals surface area contributed by atoms with Crippen LogP contribution < -0.4 is 0 Å². The number of Topliss-reactive ketones (excluding diaryl/α,β-unsaturated/α-hetero) is 1. The summed E-state index contributed by atoms with van der Waals surface area (Å²) >= 11 is 0. The van der Waals surface area contributed by atoms with E-state index in [-0.39, 0.29) is 10.8 Å². The van der Waals surface area contributed by atoms with E-state index in [9.17, 15) is 4.79 Å². The molecule has 0 saturated carbocycles. The predicted molar refractivity (Wildman–Crippen MR) is 64.7 cm³/mol. The summed E-state index contributed by atoms with van der Waals surface area (Å²) in [6.45, 7) is 12.5. The zero-order valence-corrected chi connectivity index (χ0v) is 10.8. The minimum atomic E-state index is -0.287. The Hall–Kier alpha value is -0.850. The van der Waals surface area contributed by atoms with Crippen molar-refractivity contribution in [3.63, 3.8) is 0 Å². The van der Waals surface area contributed by atoms with Gasteiger partial charge < -0.3 is 0 Å². The smallest absolute Gasteiger partial charge is 0.143 e. The molecule has 1 nitrogen and oxygen atoms in total. The van der Waals surface area contributed by atoms with Crippen LogP contribution in [0.3, 0.4) is 0 Å². The Morgan fingerprint density at radius 3 is 2.20 bits per heavy atom. The molecule has 0 unspecified atom stereocenters. The number of rotatable bonds is 1. The number of carbonyl (C=O) groups excluding carboxylic acids is 1. The second-order valence-electron chi connectivity index (χ2n) is 5.65. The van der Waals surface area contributed by atoms with Crippen molar-refractivity contribution in [1.29, 1.82) is 0 Å². The summed E-state index contributed by atoms with van der Waals surface area (Å²) in [5.41, 5.74) is 2.25. The zero-order valence-electron chi connectivity index (χ0n) is 10.8. The maximum Gasteiger partial charge on any atom is 0.143 e. The molecule has 0 atom stereocenters. The van der Waals surface area contributed by atoms with E-state index in [0.717, 1.165) is 0 Å². The molecule has 0 radical (unpaired) electrons. The van der Waals surface area contributed by atoms with Crippen LogP contribution in [0.25, 0.3) is 0 Å². The van der Waals surface area contributed by atoms with Gasteiger partial charge in [-0.25, -0.2) is 0 Å². The predicted octanol–water partition coefficient (Wildman–Crippen LogP) is 3.90. The number of ketones is 1. The Labute approximate surface area is 93.3 Å². The Bertz CT molecular complexity index is 340. The van der Waals surface area contributed by atoms with Gasteiger partial charge in [-0.05, 0) is 38.7 Å². The lowest BCUT2D eigenvalue weighted by Crippen LogP contribution is -2.37. The van der Waals surface area contributed by atoms with Gasteiger partial charge in [0.15, 0.2) is 0 Å². The molecule has 15 heavy (non-hydrogen) atoms. The third-order valence-electron chi connectivity index (χ3n) is 3.70. The molecule has 0 amide bonds. The summed E-state index contributed by atoms with van der Waals surface area (Å²) in [4.78, 5) is 12.0. The summed E-state index contributed by atoms with van der Waals surface area (Å²) in [7, 11) is 0. The zero-order chi connectivity index (χ0) is 11.9. The summed E-state index contributed by atoms with van der Waals surface area (Å²) < 4.78 is 0. The fraction of sp³-hybridized carbons (Fsp3) is 0.643. The average molecular weight is 206 g/mol. The van der Waals surface area contributed by atoms with E-state index in [2.05, 4.69) is 32.9 Å². The fourth-order valence-corrected chi connectivity index (χ4v) is 2.29. The molecule has 1 aliphatic rings. The fourth-order valence-electron chi connectivity index (χ4n) is 2.29. The molecule has 0 heterocycles. The topological polar surface area (TPSA) is 17.1 Å². The molecule has 0 spiro atoms. The maximum atomic E-state index is 12.0. The van der Waals surface area contributed by atoms with Crippen molar-refractivity contribution in [2.45, 2.75) is 48.0 Å². The summed E-state index contributed by atoms with van der Waals surface area (Å²) in [5, 5.41) is 0. The van der Waals surface area contributed by atoms with E-state index in [0.29, 0.717) is 12.2 Å². The highest BCUT2D eigenvalue weighted by Crippen LogP contribution is 2.46. The number of hydrogen-bond donors (Lipinski definition) is 0. The molecular formula is C14H22O. The van der Waals surface area contributed by atoms with Crippen LogP contribution in [0, 0.1) is 10.8 Å². The highest BCUT2D eigenvalue weighted by Gasteiger charge is 2.42. The number of carbonyl (C=O) groups is 1. The molecule has 0 aromatic carbocycles. The average Bonchev–Trinajstić information content (AvgIpc) is 2.10. The van der Waals surface area contributed by atoms with Crippen molar-refractivity contribution in [2.75, 3.05) is 0 Å². The molecule has 1 heteroatoms. The first-order valence-corrected chi connectivity index (χ1v) is 5.61. The number of allylic oxidation sites excluding steroid dienone is 4. The van der Waals surface area contributed by atoms with Gasteiger partial charge in [-0.3, -0.25) is 4.79 Å². The summed E-state index contributed by atoms with van der Waals surface area (Å²) in [6.07, 6.45) is 4.87. The molecule has 0 bridgehead atoms. The minimum Gasteiger partial charge on any atom is -0.299 e. The SMILES string of the molecule is C/C=C\C1=C(C)C(C)(C)C(=O)CC1(C)C. The van der Waals surface area contributed by atoms with Crippen LogP contribution in [0.2, 0.25) is 0 Å². The third-order valence-corrected chi connectivity index (χ3v) is 3.70. The van der Waals surface area contributed by atoms with Crippen LogP contribution in [0.4, 0.5) is 0 Å². The first-order valence-electron chi connectivity index (χ1n) is 5.61. The first-order chi connectivity index (χ1) is 6.73. The van der Waals surface area contributed by atoms with Crippen LogP contribution in [0.5, 0.6) is 0 Å². The van der Waals surface area contributed by atoms with E-state index in [1.165, 1.54) is 11.1 Å². The lowest BCUT2D eigenvalue weighted by molar-refractivity contribution is -0.127. The van der Waals surface area contributed by atoms with Crippen LogP contribution in [0.1, 0.15) is 48.0 Å². The second-order valence-corrected chi connectivity index (χ2v) is 5.65. The standard InChI is InChI=1S/C14H22O/c1-7-8-11-10(2)14(5,6)12(15)9-13(11,3)4/h7-8H,9H2,1-6H3/b8-7-. The van der Waals surface area contributed by atoms with Crippen LogP contribution in [-0.4, -0.2) is 5.78 Å². The van der Waals surface area contributed by atoms with Gasteiger partial charge >= 0.3 is 0 Å². The normalized spacial score (nSPS) is 25.1. The first kappa shape index (κ1) is 12.2. The lowest BCUT2D eigenvalue weighted by atomic mass is 9.62. The molecule has 0 saturated heterocycles. The van der Waals surface area contributed by atoms with Crippen molar-refractivity contribution in [1.82, 2.24) is 0 Å². The Morgan fingerprint density at radius 2 is 1.73 bits per heavy atom. The van der Waals surface area contributed by atoms with Gasteiger partial charge in [-0.2, -0.15) is 0 Å². The van der Waals surface area contributed by atoms with Gasteiger partial charge in [0.05, 0.1) is 0 Å².